The summed E-state index contributed by atoms with van der Waals surface area (Å²) in [5, 5.41) is 2.91. The van der Waals surface area contributed by atoms with Crippen LogP contribution in [0.15, 0.2) is 48.5 Å². The Morgan fingerprint density at radius 1 is 1.17 bits per heavy atom. The van der Waals surface area contributed by atoms with Crippen molar-refractivity contribution in [3.05, 3.63) is 59.7 Å². The molecule has 0 spiro atoms. The van der Waals surface area contributed by atoms with Crippen molar-refractivity contribution in [1.29, 1.82) is 0 Å². The minimum Gasteiger partial charge on any atom is -0.481 e. The van der Waals surface area contributed by atoms with E-state index in [9.17, 15) is 9.59 Å². The normalized spacial score (nSPS) is 15.3. The van der Waals surface area contributed by atoms with Crippen molar-refractivity contribution in [2.24, 2.45) is 0 Å². The third kappa shape index (κ3) is 5.59. The molecule has 1 heterocycles. The van der Waals surface area contributed by atoms with E-state index in [1.54, 1.807) is 6.92 Å². The standard InChI is InChI=1S/C24H30N2O3/c1-17(29-21-12-10-19(11-13-21)24(2,3)4)23(28)25-20-8-5-7-18(15-20)16-26-14-6-9-22(26)27/h5,7-8,10-13,15,17H,6,9,14,16H2,1-4H3,(H,25,28). The van der Waals surface area contributed by atoms with Gasteiger partial charge in [-0.05, 0) is 54.2 Å². The van der Waals surface area contributed by atoms with E-state index in [-0.39, 0.29) is 17.2 Å². The van der Waals surface area contributed by atoms with Gasteiger partial charge in [0.1, 0.15) is 5.75 Å². The lowest BCUT2D eigenvalue weighted by molar-refractivity contribution is -0.128. The molecule has 1 saturated heterocycles. The van der Waals surface area contributed by atoms with Crippen LogP contribution in [0.3, 0.4) is 0 Å². The molecule has 1 N–H and O–H groups in total. The lowest BCUT2D eigenvalue weighted by Crippen LogP contribution is -2.30. The Morgan fingerprint density at radius 2 is 1.90 bits per heavy atom. The SMILES string of the molecule is CC(Oc1ccc(C(C)(C)C)cc1)C(=O)Nc1cccc(CN2CCCC2=O)c1. The average Bonchev–Trinajstić information content (AvgIpc) is 3.06. The van der Waals surface area contributed by atoms with Crippen molar-refractivity contribution in [3.63, 3.8) is 0 Å². The number of amides is 2. The van der Waals surface area contributed by atoms with E-state index in [0.717, 1.165) is 18.5 Å². The zero-order valence-corrected chi connectivity index (χ0v) is 17.7. The highest BCUT2D eigenvalue weighted by Gasteiger charge is 2.20. The number of anilines is 1. The number of ether oxygens (including phenoxy) is 1. The van der Waals surface area contributed by atoms with Crippen molar-refractivity contribution in [2.75, 3.05) is 11.9 Å². The fourth-order valence-corrected chi connectivity index (χ4v) is 3.37. The first-order chi connectivity index (χ1) is 13.7. The van der Waals surface area contributed by atoms with Gasteiger partial charge in [-0.3, -0.25) is 9.59 Å². The third-order valence-electron chi connectivity index (χ3n) is 5.14. The van der Waals surface area contributed by atoms with Crippen LogP contribution in [-0.4, -0.2) is 29.4 Å². The second-order valence-corrected chi connectivity index (χ2v) is 8.64. The Bertz CT molecular complexity index is 868. The maximum Gasteiger partial charge on any atom is 0.265 e. The molecule has 2 amide bonds. The van der Waals surface area contributed by atoms with Crippen LogP contribution in [0.4, 0.5) is 5.69 Å². The maximum atomic E-state index is 12.6. The molecule has 29 heavy (non-hydrogen) atoms. The molecule has 2 aromatic carbocycles. The van der Waals surface area contributed by atoms with Crippen LogP contribution in [0.5, 0.6) is 5.75 Å². The summed E-state index contributed by atoms with van der Waals surface area (Å²) in [6, 6.07) is 15.5. The lowest BCUT2D eigenvalue weighted by atomic mass is 9.87. The van der Waals surface area contributed by atoms with Gasteiger partial charge < -0.3 is 15.0 Å². The Labute approximate surface area is 173 Å². The molecule has 154 valence electrons. The van der Waals surface area contributed by atoms with E-state index in [2.05, 4.69) is 26.1 Å². The van der Waals surface area contributed by atoms with Crippen LogP contribution in [0, 0.1) is 0 Å². The number of carbonyl (C=O) groups is 2. The minimum absolute atomic E-state index is 0.0756. The molecule has 5 heteroatoms. The predicted molar refractivity (Wildman–Crippen MR) is 115 cm³/mol. The highest BCUT2D eigenvalue weighted by atomic mass is 16.5. The van der Waals surface area contributed by atoms with Gasteiger partial charge in [0.2, 0.25) is 5.91 Å². The van der Waals surface area contributed by atoms with Gasteiger partial charge in [-0.15, -0.1) is 0 Å². The third-order valence-corrected chi connectivity index (χ3v) is 5.14. The number of hydrogen-bond acceptors (Lipinski definition) is 3. The first-order valence-corrected chi connectivity index (χ1v) is 10.2. The highest BCUT2D eigenvalue weighted by molar-refractivity contribution is 5.94. The molecule has 0 aromatic heterocycles. The van der Waals surface area contributed by atoms with Gasteiger partial charge in [-0.25, -0.2) is 0 Å². The van der Waals surface area contributed by atoms with Gasteiger partial charge in [0.15, 0.2) is 6.10 Å². The molecule has 3 rings (SSSR count). The van der Waals surface area contributed by atoms with Crippen LogP contribution in [-0.2, 0) is 21.5 Å². The van der Waals surface area contributed by atoms with E-state index in [0.29, 0.717) is 24.4 Å². The number of nitrogens with zero attached hydrogens (tertiary/aromatic N) is 1. The van der Waals surface area contributed by atoms with Crippen LogP contribution in [0.2, 0.25) is 0 Å². The zero-order valence-electron chi connectivity index (χ0n) is 17.7. The number of carbonyl (C=O) groups excluding carboxylic acids is 2. The molecule has 1 aliphatic rings. The van der Waals surface area contributed by atoms with Gasteiger partial charge in [0.05, 0.1) is 0 Å². The molecule has 0 radical (unpaired) electrons. The Balaban J connectivity index is 1.58. The summed E-state index contributed by atoms with van der Waals surface area (Å²) in [5.41, 5.74) is 3.00. The van der Waals surface area contributed by atoms with E-state index in [4.69, 9.17) is 4.74 Å². The van der Waals surface area contributed by atoms with E-state index in [1.807, 2.05) is 53.4 Å². The predicted octanol–water partition coefficient (Wildman–Crippen LogP) is 4.51. The van der Waals surface area contributed by atoms with Crippen LogP contribution < -0.4 is 10.1 Å². The zero-order chi connectivity index (χ0) is 21.0. The van der Waals surface area contributed by atoms with Gasteiger partial charge in [-0.1, -0.05) is 45.0 Å². The van der Waals surface area contributed by atoms with Crippen LogP contribution in [0.25, 0.3) is 0 Å². The molecular formula is C24H30N2O3. The van der Waals surface area contributed by atoms with E-state index >= 15 is 0 Å². The molecule has 1 aliphatic heterocycles. The second-order valence-electron chi connectivity index (χ2n) is 8.64. The van der Waals surface area contributed by atoms with E-state index in [1.165, 1.54) is 5.56 Å². The number of likely N-dealkylation sites (tertiary alicyclic amines) is 1. The Kier molecular flexibility index (Phi) is 6.26. The summed E-state index contributed by atoms with van der Waals surface area (Å²) in [4.78, 5) is 26.2. The first kappa shape index (κ1) is 20.9. The molecule has 0 aliphatic carbocycles. The highest BCUT2D eigenvalue weighted by Crippen LogP contribution is 2.25. The molecule has 0 saturated carbocycles. The smallest absolute Gasteiger partial charge is 0.265 e. The van der Waals surface area contributed by atoms with Gasteiger partial charge in [0.25, 0.3) is 5.91 Å². The number of rotatable bonds is 6. The van der Waals surface area contributed by atoms with Crippen LogP contribution >= 0.6 is 0 Å². The Morgan fingerprint density at radius 3 is 2.52 bits per heavy atom. The molecule has 0 bridgehead atoms. The summed E-state index contributed by atoms with van der Waals surface area (Å²) in [5.74, 6) is 0.653. The summed E-state index contributed by atoms with van der Waals surface area (Å²) in [6.45, 7) is 9.59. The fourth-order valence-electron chi connectivity index (χ4n) is 3.37. The lowest BCUT2D eigenvalue weighted by Gasteiger charge is -2.20. The largest absolute Gasteiger partial charge is 0.481 e. The van der Waals surface area contributed by atoms with Gasteiger partial charge in [0, 0.05) is 25.2 Å². The first-order valence-electron chi connectivity index (χ1n) is 10.2. The van der Waals surface area contributed by atoms with Crippen molar-refractivity contribution in [2.45, 2.75) is 58.6 Å². The van der Waals surface area contributed by atoms with Crippen molar-refractivity contribution < 1.29 is 14.3 Å². The molecule has 1 fully saturated rings. The van der Waals surface area contributed by atoms with Crippen molar-refractivity contribution in [3.8, 4) is 5.75 Å². The number of benzene rings is 2. The fraction of sp³-hybridized carbons (Fsp3) is 0.417. The molecule has 1 unspecified atom stereocenters. The second kappa shape index (κ2) is 8.68. The average molecular weight is 395 g/mol. The number of nitrogens with one attached hydrogen (secondary N) is 1. The summed E-state index contributed by atoms with van der Waals surface area (Å²) in [6.07, 6.45) is 0.919. The molecule has 2 aromatic rings. The summed E-state index contributed by atoms with van der Waals surface area (Å²) in [7, 11) is 0. The quantitative estimate of drug-likeness (QED) is 0.784. The van der Waals surface area contributed by atoms with Crippen LogP contribution in [0.1, 0.15) is 51.7 Å². The topological polar surface area (TPSA) is 58.6 Å². The summed E-state index contributed by atoms with van der Waals surface area (Å²) >= 11 is 0. The van der Waals surface area contributed by atoms with Gasteiger partial charge >= 0.3 is 0 Å². The van der Waals surface area contributed by atoms with Crippen molar-refractivity contribution >= 4 is 17.5 Å². The number of hydrogen-bond donors (Lipinski definition) is 1. The minimum atomic E-state index is -0.626. The Hall–Kier alpha value is -2.82. The monoisotopic (exact) mass is 394 g/mol. The maximum absolute atomic E-state index is 12.6. The van der Waals surface area contributed by atoms with Gasteiger partial charge in [-0.2, -0.15) is 0 Å². The molecule has 1 atom stereocenters. The molecule has 5 nitrogen and oxygen atoms in total. The summed E-state index contributed by atoms with van der Waals surface area (Å²) < 4.78 is 5.80. The van der Waals surface area contributed by atoms with E-state index < -0.39 is 6.10 Å². The van der Waals surface area contributed by atoms with Crippen molar-refractivity contribution in [1.82, 2.24) is 4.90 Å². The molecular weight excluding hydrogens is 364 g/mol.